The SMILES string of the molecule is CN(C(=O)c1cccn(C)c1=O)C1CN(c2ccc3nnc(C(C)(C)C)n3n2)C1. The van der Waals surface area contributed by atoms with Crippen molar-refractivity contribution >= 4 is 17.4 Å². The van der Waals surface area contributed by atoms with Crippen LogP contribution >= 0.6 is 0 Å². The number of aryl methyl sites for hydroxylation is 1. The van der Waals surface area contributed by atoms with E-state index in [2.05, 4.69) is 35.9 Å². The average molecular weight is 395 g/mol. The van der Waals surface area contributed by atoms with Crippen LogP contribution < -0.4 is 10.5 Å². The molecule has 0 atom stereocenters. The van der Waals surface area contributed by atoms with E-state index in [0.29, 0.717) is 18.7 Å². The summed E-state index contributed by atoms with van der Waals surface area (Å²) < 4.78 is 3.20. The van der Waals surface area contributed by atoms with Crippen molar-refractivity contribution in [3.63, 3.8) is 0 Å². The largest absolute Gasteiger partial charge is 0.351 e. The normalized spacial score (nSPS) is 14.9. The lowest BCUT2D eigenvalue weighted by atomic mass is 9.96. The molecule has 0 unspecified atom stereocenters. The number of anilines is 1. The molecule has 0 saturated carbocycles. The van der Waals surface area contributed by atoms with Crippen LogP contribution in [0.1, 0.15) is 37.0 Å². The summed E-state index contributed by atoms with van der Waals surface area (Å²) >= 11 is 0. The lowest BCUT2D eigenvalue weighted by molar-refractivity contribution is 0.0702. The molecule has 0 radical (unpaired) electrons. The van der Waals surface area contributed by atoms with Gasteiger partial charge in [-0.3, -0.25) is 9.59 Å². The Hall–Kier alpha value is -3.23. The van der Waals surface area contributed by atoms with Crippen LogP contribution in [-0.2, 0) is 12.5 Å². The van der Waals surface area contributed by atoms with Crippen LogP contribution in [0.5, 0.6) is 0 Å². The number of aromatic nitrogens is 5. The van der Waals surface area contributed by atoms with Gasteiger partial charge in [0.25, 0.3) is 11.5 Å². The number of nitrogens with zero attached hydrogens (tertiary/aromatic N) is 7. The maximum atomic E-state index is 12.7. The molecule has 9 heteroatoms. The fourth-order valence-electron chi connectivity index (χ4n) is 3.42. The highest BCUT2D eigenvalue weighted by molar-refractivity contribution is 5.94. The number of carbonyl (C=O) groups excluding carboxylic acids is 1. The number of rotatable bonds is 3. The summed E-state index contributed by atoms with van der Waals surface area (Å²) in [4.78, 5) is 28.7. The van der Waals surface area contributed by atoms with Crippen LogP contribution in [0.25, 0.3) is 5.65 Å². The number of likely N-dealkylation sites (N-methyl/N-ethyl adjacent to an activating group) is 1. The highest BCUT2D eigenvalue weighted by Gasteiger charge is 2.34. The predicted molar refractivity (Wildman–Crippen MR) is 109 cm³/mol. The first-order valence-electron chi connectivity index (χ1n) is 9.57. The Morgan fingerprint density at radius 2 is 1.90 bits per heavy atom. The van der Waals surface area contributed by atoms with Crippen molar-refractivity contribution in [1.29, 1.82) is 0 Å². The Balaban J connectivity index is 1.50. The molecule has 0 spiro atoms. The third-order valence-electron chi connectivity index (χ3n) is 5.33. The summed E-state index contributed by atoms with van der Waals surface area (Å²) in [7, 11) is 3.38. The maximum absolute atomic E-state index is 12.7. The Labute approximate surface area is 168 Å². The topological polar surface area (TPSA) is 88.6 Å². The Kier molecular flexibility index (Phi) is 4.40. The number of pyridine rings is 1. The quantitative estimate of drug-likeness (QED) is 0.659. The second kappa shape index (κ2) is 6.68. The van der Waals surface area contributed by atoms with Crippen LogP contribution in [0, 0.1) is 0 Å². The van der Waals surface area contributed by atoms with E-state index in [0.717, 1.165) is 11.6 Å². The molecule has 3 aromatic heterocycles. The van der Waals surface area contributed by atoms with Gasteiger partial charge in [0, 0.05) is 38.8 Å². The molecule has 1 aliphatic heterocycles. The van der Waals surface area contributed by atoms with Gasteiger partial charge < -0.3 is 14.4 Å². The molecule has 0 bridgehead atoms. The highest BCUT2D eigenvalue weighted by Crippen LogP contribution is 2.25. The van der Waals surface area contributed by atoms with Crippen molar-refractivity contribution in [2.45, 2.75) is 32.2 Å². The van der Waals surface area contributed by atoms with Gasteiger partial charge in [0.1, 0.15) is 11.4 Å². The standard InChI is InChI=1S/C20H25N7O2/c1-20(2,3)19-22-21-15-8-9-16(23-27(15)19)26-11-13(12-26)25(5)18(29)14-7-6-10-24(4)17(14)28/h6-10,13H,11-12H2,1-5H3. The second-order valence-electron chi connectivity index (χ2n) is 8.55. The summed E-state index contributed by atoms with van der Waals surface area (Å²) in [5.74, 6) is 1.36. The zero-order valence-electron chi connectivity index (χ0n) is 17.3. The molecule has 29 heavy (non-hydrogen) atoms. The van der Waals surface area contributed by atoms with Crippen molar-refractivity contribution < 1.29 is 4.79 Å². The van der Waals surface area contributed by atoms with Crippen LogP contribution in [0.4, 0.5) is 5.82 Å². The molecule has 0 aromatic carbocycles. The van der Waals surface area contributed by atoms with Gasteiger partial charge in [0.05, 0.1) is 6.04 Å². The molecule has 9 nitrogen and oxygen atoms in total. The average Bonchev–Trinajstić information content (AvgIpc) is 3.06. The summed E-state index contributed by atoms with van der Waals surface area (Å²) in [6.45, 7) is 7.53. The van der Waals surface area contributed by atoms with E-state index in [1.165, 1.54) is 4.57 Å². The fraction of sp³-hybridized carbons (Fsp3) is 0.450. The van der Waals surface area contributed by atoms with Gasteiger partial charge in [0.2, 0.25) is 0 Å². The monoisotopic (exact) mass is 395 g/mol. The molecular formula is C20H25N7O2. The molecule has 0 N–H and O–H groups in total. The summed E-state index contributed by atoms with van der Waals surface area (Å²) in [5, 5.41) is 13.2. The Morgan fingerprint density at radius 1 is 1.17 bits per heavy atom. The van der Waals surface area contributed by atoms with Crippen LogP contribution in [-0.4, -0.2) is 61.4 Å². The van der Waals surface area contributed by atoms with Crippen molar-refractivity contribution in [3.8, 4) is 0 Å². The van der Waals surface area contributed by atoms with E-state index >= 15 is 0 Å². The molecule has 1 saturated heterocycles. The first-order chi connectivity index (χ1) is 13.7. The van der Waals surface area contributed by atoms with Gasteiger partial charge in [0.15, 0.2) is 11.5 Å². The molecule has 3 aromatic rings. The van der Waals surface area contributed by atoms with E-state index in [-0.39, 0.29) is 28.5 Å². The molecule has 1 aliphatic rings. The molecule has 0 aliphatic carbocycles. The van der Waals surface area contributed by atoms with Gasteiger partial charge in [-0.2, -0.15) is 4.52 Å². The third-order valence-corrected chi connectivity index (χ3v) is 5.33. The van der Waals surface area contributed by atoms with Crippen molar-refractivity contribution in [2.75, 3.05) is 25.0 Å². The zero-order chi connectivity index (χ0) is 20.9. The minimum absolute atomic E-state index is 0.0212. The number of hydrogen-bond acceptors (Lipinski definition) is 6. The molecule has 4 heterocycles. The first kappa shape index (κ1) is 19.1. The van der Waals surface area contributed by atoms with E-state index in [4.69, 9.17) is 5.10 Å². The minimum atomic E-state index is -0.282. The molecule has 1 fully saturated rings. The number of carbonyl (C=O) groups is 1. The van der Waals surface area contributed by atoms with Crippen LogP contribution in [0.15, 0.2) is 35.3 Å². The highest BCUT2D eigenvalue weighted by atomic mass is 16.2. The van der Waals surface area contributed by atoms with Gasteiger partial charge in [-0.1, -0.05) is 20.8 Å². The lowest BCUT2D eigenvalue weighted by Gasteiger charge is -2.44. The van der Waals surface area contributed by atoms with Crippen molar-refractivity contribution in [1.82, 2.24) is 29.3 Å². The third kappa shape index (κ3) is 3.26. The number of fused-ring (bicyclic) bond motifs is 1. The minimum Gasteiger partial charge on any atom is -0.351 e. The van der Waals surface area contributed by atoms with Crippen molar-refractivity contribution in [2.24, 2.45) is 7.05 Å². The molecule has 152 valence electrons. The van der Waals surface area contributed by atoms with Gasteiger partial charge >= 0.3 is 0 Å². The first-order valence-corrected chi connectivity index (χ1v) is 9.57. The Bertz CT molecular complexity index is 1140. The van der Waals surface area contributed by atoms with Gasteiger partial charge in [-0.15, -0.1) is 15.3 Å². The summed E-state index contributed by atoms with van der Waals surface area (Å²) in [6.07, 6.45) is 1.64. The maximum Gasteiger partial charge on any atom is 0.263 e. The molecular weight excluding hydrogens is 370 g/mol. The fourth-order valence-corrected chi connectivity index (χ4v) is 3.42. The van der Waals surface area contributed by atoms with Crippen LogP contribution in [0.2, 0.25) is 0 Å². The van der Waals surface area contributed by atoms with E-state index in [9.17, 15) is 9.59 Å². The second-order valence-corrected chi connectivity index (χ2v) is 8.55. The predicted octanol–water partition coefficient (Wildman–Crippen LogP) is 1.08. The summed E-state index contributed by atoms with van der Waals surface area (Å²) in [5.41, 5.74) is 0.449. The van der Waals surface area contributed by atoms with E-state index < -0.39 is 0 Å². The Morgan fingerprint density at radius 3 is 2.59 bits per heavy atom. The van der Waals surface area contributed by atoms with Gasteiger partial charge in [-0.25, -0.2) is 0 Å². The van der Waals surface area contributed by atoms with Gasteiger partial charge in [-0.05, 0) is 24.3 Å². The zero-order valence-corrected chi connectivity index (χ0v) is 17.3. The van der Waals surface area contributed by atoms with Crippen molar-refractivity contribution in [3.05, 3.63) is 52.2 Å². The van der Waals surface area contributed by atoms with E-state index in [1.807, 2.05) is 12.1 Å². The molecule has 1 amide bonds. The number of hydrogen-bond donors (Lipinski definition) is 0. The number of amides is 1. The van der Waals surface area contributed by atoms with Crippen LogP contribution in [0.3, 0.4) is 0 Å². The lowest BCUT2D eigenvalue weighted by Crippen LogP contribution is -2.60. The smallest absolute Gasteiger partial charge is 0.263 e. The van der Waals surface area contributed by atoms with E-state index in [1.54, 1.807) is 41.8 Å². The molecule has 4 rings (SSSR count). The summed E-state index contributed by atoms with van der Waals surface area (Å²) in [6, 6.07) is 7.13.